The Morgan fingerprint density at radius 3 is 2.71 bits per heavy atom. The minimum absolute atomic E-state index is 0.254. The number of anilines is 2. The summed E-state index contributed by atoms with van der Waals surface area (Å²) in [5.41, 5.74) is 4.40. The zero-order chi connectivity index (χ0) is 14.4. The van der Waals surface area contributed by atoms with Crippen molar-refractivity contribution in [2.24, 2.45) is 0 Å². The molecule has 3 heteroatoms. The largest absolute Gasteiger partial charge is 0.381 e. The molecule has 0 amide bonds. The number of nitrogens with one attached hydrogen (secondary N) is 1. The number of hydrogen-bond donors (Lipinski definition) is 1. The van der Waals surface area contributed by atoms with Crippen molar-refractivity contribution in [1.29, 1.82) is 0 Å². The number of para-hydroxylation sites is 1. The van der Waals surface area contributed by atoms with Gasteiger partial charge in [-0.15, -0.1) is 0 Å². The minimum atomic E-state index is 0.254. The second-order valence-corrected chi connectivity index (χ2v) is 7.13. The van der Waals surface area contributed by atoms with Gasteiger partial charge >= 0.3 is 0 Å². The summed E-state index contributed by atoms with van der Waals surface area (Å²) in [5.74, 6) is 0. The molecule has 2 aromatic carbocycles. The Morgan fingerprint density at radius 2 is 1.90 bits per heavy atom. The highest BCUT2D eigenvalue weighted by atomic mass is 79.9. The van der Waals surface area contributed by atoms with Crippen LogP contribution in [0.1, 0.15) is 18.9 Å². The molecule has 4 rings (SSSR count). The van der Waals surface area contributed by atoms with Crippen LogP contribution >= 0.6 is 15.9 Å². The van der Waals surface area contributed by atoms with Gasteiger partial charge in [0.05, 0.1) is 0 Å². The van der Waals surface area contributed by atoms with Gasteiger partial charge in [-0.25, -0.2) is 0 Å². The minimum Gasteiger partial charge on any atom is -0.381 e. The number of rotatable bonds is 1. The van der Waals surface area contributed by atoms with E-state index in [1.165, 1.54) is 23.4 Å². The Hall–Kier alpha value is -1.48. The van der Waals surface area contributed by atoms with Gasteiger partial charge in [0.1, 0.15) is 0 Å². The van der Waals surface area contributed by atoms with Gasteiger partial charge in [0.2, 0.25) is 0 Å². The van der Waals surface area contributed by atoms with E-state index in [-0.39, 0.29) is 5.41 Å². The standard InChI is InChI=1S/C18H19BrN2/c1-13-18(16-4-2-3-5-17(16)20-13)10-11-21(12-18)15-8-6-14(19)7-9-15/h2-9,13,20H,10-12H2,1H3/t13?,18-/m1/s1. The molecule has 0 saturated carbocycles. The molecular formula is C18H19BrN2. The molecule has 2 aliphatic rings. The maximum absolute atomic E-state index is 3.68. The summed E-state index contributed by atoms with van der Waals surface area (Å²) >= 11 is 3.52. The van der Waals surface area contributed by atoms with E-state index >= 15 is 0 Å². The first-order valence-corrected chi connectivity index (χ1v) is 8.35. The van der Waals surface area contributed by atoms with Crippen LogP contribution in [0.4, 0.5) is 11.4 Å². The Labute approximate surface area is 134 Å². The zero-order valence-corrected chi connectivity index (χ0v) is 13.7. The summed E-state index contributed by atoms with van der Waals surface area (Å²) in [6.45, 7) is 4.55. The first kappa shape index (κ1) is 13.2. The molecule has 0 radical (unpaired) electrons. The highest BCUT2D eigenvalue weighted by molar-refractivity contribution is 9.10. The normalized spacial score (nSPS) is 27.0. The van der Waals surface area contributed by atoms with Gasteiger partial charge in [-0.05, 0) is 49.2 Å². The van der Waals surface area contributed by atoms with Crippen molar-refractivity contribution in [3.63, 3.8) is 0 Å². The third-order valence-electron chi connectivity index (χ3n) is 5.16. The summed E-state index contributed by atoms with van der Waals surface area (Å²) in [6, 6.07) is 18.0. The Balaban J connectivity index is 1.68. The molecule has 2 nitrogen and oxygen atoms in total. The lowest BCUT2D eigenvalue weighted by molar-refractivity contribution is 0.443. The van der Waals surface area contributed by atoms with E-state index < -0.39 is 0 Å². The van der Waals surface area contributed by atoms with Crippen LogP contribution in [0.15, 0.2) is 53.0 Å². The smallest absolute Gasteiger partial charge is 0.0382 e. The lowest BCUT2D eigenvalue weighted by Gasteiger charge is -2.30. The first-order chi connectivity index (χ1) is 10.2. The van der Waals surface area contributed by atoms with Gasteiger partial charge in [0.25, 0.3) is 0 Å². The van der Waals surface area contributed by atoms with Crippen molar-refractivity contribution in [3.05, 3.63) is 58.6 Å². The van der Waals surface area contributed by atoms with Gasteiger partial charge < -0.3 is 10.2 Å². The average molecular weight is 343 g/mol. The van der Waals surface area contributed by atoms with Gasteiger partial charge in [-0.3, -0.25) is 0 Å². The molecule has 2 atom stereocenters. The van der Waals surface area contributed by atoms with Gasteiger partial charge in [0, 0.05) is 40.4 Å². The maximum atomic E-state index is 3.68. The van der Waals surface area contributed by atoms with E-state index in [0.717, 1.165) is 17.6 Å². The SMILES string of the molecule is CC1Nc2ccccc2[C@@]12CCN(c1ccc(Br)cc1)C2. The molecule has 1 unspecified atom stereocenters. The Kier molecular flexibility index (Phi) is 3.00. The molecule has 108 valence electrons. The Bertz CT molecular complexity index is 667. The zero-order valence-electron chi connectivity index (χ0n) is 12.1. The fourth-order valence-corrected chi connectivity index (χ4v) is 4.19. The first-order valence-electron chi connectivity index (χ1n) is 7.56. The molecule has 0 aliphatic carbocycles. The predicted molar refractivity (Wildman–Crippen MR) is 92.2 cm³/mol. The van der Waals surface area contributed by atoms with Crippen LogP contribution in [0, 0.1) is 0 Å². The van der Waals surface area contributed by atoms with Crippen LogP contribution in [0.2, 0.25) is 0 Å². The molecule has 1 saturated heterocycles. The molecule has 0 bridgehead atoms. The van der Waals surface area contributed by atoms with Crippen LogP contribution in [0.25, 0.3) is 0 Å². The molecule has 2 heterocycles. The predicted octanol–water partition coefficient (Wildman–Crippen LogP) is 4.41. The van der Waals surface area contributed by atoms with Gasteiger partial charge in [-0.1, -0.05) is 34.1 Å². The van der Waals surface area contributed by atoms with Gasteiger partial charge in [-0.2, -0.15) is 0 Å². The van der Waals surface area contributed by atoms with Crippen molar-refractivity contribution in [1.82, 2.24) is 0 Å². The van der Waals surface area contributed by atoms with E-state index in [0.29, 0.717) is 6.04 Å². The fraction of sp³-hybridized carbons (Fsp3) is 0.333. The number of fused-ring (bicyclic) bond motifs is 2. The van der Waals surface area contributed by atoms with E-state index in [1.54, 1.807) is 0 Å². The molecule has 2 aliphatic heterocycles. The van der Waals surface area contributed by atoms with Crippen molar-refractivity contribution < 1.29 is 0 Å². The van der Waals surface area contributed by atoms with Crippen molar-refractivity contribution in [3.8, 4) is 0 Å². The molecule has 0 aromatic heterocycles. The maximum Gasteiger partial charge on any atom is 0.0382 e. The van der Waals surface area contributed by atoms with Crippen molar-refractivity contribution >= 4 is 27.3 Å². The van der Waals surface area contributed by atoms with E-state index in [4.69, 9.17) is 0 Å². The van der Waals surface area contributed by atoms with E-state index in [2.05, 4.69) is 81.6 Å². The number of halogens is 1. The van der Waals surface area contributed by atoms with E-state index in [9.17, 15) is 0 Å². The lowest BCUT2D eigenvalue weighted by atomic mass is 9.76. The Morgan fingerprint density at radius 1 is 1.14 bits per heavy atom. The number of nitrogens with zero attached hydrogens (tertiary/aromatic N) is 1. The van der Waals surface area contributed by atoms with Crippen LogP contribution < -0.4 is 10.2 Å². The van der Waals surface area contributed by atoms with Crippen LogP contribution in [0.5, 0.6) is 0 Å². The van der Waals surface area contributed by atoms with Crippen LogP contribution in [-0.4, -0.2) is 19.1 Å². The van der Waals surface area contributed by atoms with Crippen molar-refractivity contribution in [2.75, 3.05) is 23.3 Å². The summed E-state index contributed by atoms with van der Waals surface area (Å²) in [6.07, 6.45) is 1.22. The molecule has 1 fully saturated rings. The fourth-order valence-electron chi connectivity index (χ4n) is 3.93. The molecule has 1 spiro atoms. The summed E-state index contributed by atoms with van der Waals surface area (Å²) in [4.78, 5) is 2.52. The monoisotopic (exact) mass is 342 g/mol. The highest BCUT2D eigenvalue weighted by Gasteiger charge is 2.48. The summed E-state index contributed by atoms with van der Waals surface area (Å²) in [7, 11) is 0. The second-order valence-electron chi connectivity index (χ2n) is 6.22. The molecule has 1 N–H and O–H groups in total. The highest BCUT2D eigenvalue weighted by Crippen LogP contribution is 2.47. The lowest BCUT2D eigenvalue weighted by Crippen LogP contribution is -2.39. The van der Waals surface area contributed by atoms with Crippen molar-refractivity contribution in [2.45, 2.75) is 24.8 Å². The summed E-state index contributed by atoms with van der Waals surface area (Å²) < 4.78 is 1.14. The molecule has 2 aromatic rings. The van der Waals surface area contributed by atoms with Gasteiger partial charge in [0.15, 0.2) is 0 Å². The topological polar surface area (TPSA) is 15.3 Å². The second kappa shape index (κ2) is 4.77. The molecular weight excluding hydrogens is 324 g/mol. The quantitative estimate of drug-likeness (QED) is 0.825. The van der Waals surface area contributed by atoms with E-state index in [1.807, 2.05) is 0 Å². The number of benzene rings is 2. The average Bonchev–Trinajstić information content (AvgIpc) is 3.05. The number of hydrogen-bond acceptors (Lipinski definition) is 2. The molecule has 21 heavy (non-hydrogen) atoms. The third kappa shape index (κ3) is 1.98. The van der Waals surface area contributed by atoms with Crippen LogP contribution in [-0.2, 0) is 5.41 Å². The van der Waals surface area contributed by atoms with Crippen LogP contribution in [0.3, 0.4) is 0 Å². The summed E-state index contributed by atoms with van der Waals surface area (Å²) in [5, 5.41) is 3.68. The third-order valence-corrected chi connectivity index (χ3v) is 5.69.